The average molecular weight is 424 g/mol. The molecule has 0 saturated heterocycles. The third-order valence-corrected chi connectivity index (χ3v) is 11.6. The van der Waals surface area contributed by atoms with Gasteiger partial charge >= 0.3 is 8.56 Å². The van der Waals surface area contributed by atoms with Gasteiger partial charge in [-0.15, -0.1) is 0 Å². The van der Waals surface area contributed by atoms with Gasteiger partial charge in [-0.1, -0.05) is 48.5 Å². The molecule has 3 rings (SSSR count). The summed E-state index contributed by atoms with van der Waals surface area (Å²) in [5.41, 5.74) is 3.27. The predicted molar refractivity (Wildman–Crippen MR) is 125 cm³/mol. The zero-order valence-electron chi connectivity index (χ0n) is 17.5. The average Bonchev–Trinajstić information content (AvgIpc) is 2.75. The SMILES string of the molecule is CO[Si](C)(O[Si](C)(C)CO)c1ccc(N(c2ccccc2)c2ccccc2)cc1. The van der Waals surface area contributed by atoms with Gasteiger partial charge in [-0.2, -0.15) is 0 Å². The molecule has 1 N–H and O–H groups in total. The van der Waals surface area contributed by atoms with Crippen molar-refractivity contribution in [1.29, 1.82) is 0 Å². The van der Waals surface area contributed by atoms with Crippen LogP contribution in [0.2, 0.25) is 19.6 Å². The van der Waals surface area contributed by atoms with Crippen LogP contribution in [0.25, 0.3) is 0 Å². The zero-order valence-corrected chi connectivity index (χ0v) is 19.5. The molecule has 29 heavy (non-hydrogen) atoms. The first-order valence-corrected chi connectivity index (χ1v) is 15.2. The molecule has 0 aliphatic carbocycles. The first-order chi connectivity index (χ1) is 13.9. The fourth-order valence-corrected chi connectivity index (χ4v) is 9.58. The summed E-state index contributed by atoms with van der Waals surface area (Å²) in [7, 11) is -3.07. The highest BCUT2D eigenvalue weighted by Gasteiger charge is 2.39. The van der Waals surface area contributed by atoms with Gasteiger partial charge in [0.15, 0.2) is 0 Å². The predicted octanol–water partition coefficient (Wildman–Crippen LogP) is 4.84. The number of anilines is 3. The number of aliphatic hydroxyl groups is 1. The van der Waals surface area contributed by atoms with Gasteiger partial charge in [0.1, 0.15) is 0 Å². The number of hydrogen-bond acceptors (Lipinski definition) is 4. The molecule has 0 spiro atoms. The number of para-hydroxylation sites is 2. The van der Waals surface area contributed by atoms with Crippen molar-refractivity contribution >= 4 is 39.1 Å². The molecule has 0 fully saturated rings. The molecule has 3 aromatic carbocycles. The molecule has 0 heterocycles. The van der Waals surface area contributed by atoms with Crippen LogP contribution in [0.5, 0.6) is 0 Å². The number of hydrogen-bond donors (Lipinski definition) is 1. The van der Waals surface area contributed by atoms with Gasteiger partial charge in [0.05, 0.1) is 6.23 Å². The van der Waals surface area contributed by atoms with Gasteiger partial charge in [0.2, 0.25) is 8.32 Å². The fourth-order valence-electron chi connectivity index (χ4n) is 3.29. The van der Waals surface area contributed by atoms with Crippen molar-refractivity contribution in [1.82, 2.24) is 0 Å². The summed E-state index contributed by atoms with van der Waals surface area (Å²) in [6.45, 7) is 6.06. The summed E-state index contributed by atoms with van der Waals surface area (Å²) < 4.78 is 12.2. The first kappa shape index (κ1) is 21.5. The second-order valence-corrected chi connectivity index (χ2v) is 15.3. The lowest BCUT2D eigenvalue weighted by Gasteiger charge is -2.34. The molecule has 1 unspecified atom stereocenters. The Labute approximate surface area is 175 Å². The van der Waals surface area contributed by atoms with E-state index in [1.165, 1.54) is 0 Å². The maximum atomic E-state index is 9.67. The van der Waals surface area contributed by atoms with E-state index in [0.717, 1.165) is 22.2 Å². The molecule has 3 aromatic rings. The molecule has 0 aromatic heterocycles. The Kier molecular flexibility index (Phi) is 6.71. The fraction of sp³-hybridized carbons (Fsp3) is 0.217. The minimum Gasteiger partial charge on any atom is -0.431 e. The first-order valence-electron chi connectivity index (χ1n) is 9.75. The Morgan fingerprint density at radius 2 is 1.17 bits per heavy atom. The van der Waals surface area contributed by atoms with E-state index in [9.17, 15) is 5.11 Å². The Morgan fingerprint density at radius 1 is 0.724 bits per heavy atom. The minimum absolute atomic E-state index is 0.0762. The van der Waals surface area contributed by atoms with Gasteiger partial charge in [-0.05, 0) is 61.2 Å². The lowest BCUT2D eigenvalue weighted by Crippen LogP contribution is -2.57. The highest BCUT2D eigenvalue weighted by molar-refractivity contribution is 6.89. The van der Waals surface area contributed by atoms with Crippen molar-refractivity contribution < 1.29 is 13.6 Å². The Bertz CT molecular complexity index is 865. The van der Waals surface area contributed by atoms with E-state index < -0.39 is 16.9 Å². The highest BCUT2D eigenvalue weighted by Crippen LogP contribution is 2.33. The molecule has 0 radical (unpaired) electrons. The molecule has 1 atom stereocenters. The summed E-state index contributed by atoms with van der Waals surface area (Å²) in [4.78, 5) is 2.22. The number of rotatable bonds is 8. The Balaban J connectivity index is 1.98. The van der Waals surface area contributed by atoms with E-state index in [-0.39, 0.29) is 6.23 Å². The van der Waals surface area contributed by atoms with Crippen LogP contribution < -0.4 is 10.1 Å². The summed E-state index contributed by atoms with van der Waals surface area (Å²) in [6, 6.07) is 29.0. The lowest BCUT2D eigenvalue weighted by atomic mass is 10.2. The molecule has 0 bridgehead atoms. The van der Waals surface area contributed by atoms with Crippen molar-refractivity contribution in [3.63, 3.8) is 0 Å². The second kappa shape index (κ2) is 9.06. The Morgan fingerprint density at radius 3 is 1.59 bits per heavy atom. The van der Waals surface area contributed by atoms with Gasteiger partial charge in [0, 0.05) is 24.2 Å². The van der Waals surface area contributed by atoms with E-state index in [1.807, 2.05) is 56.0 Å². The van der Waals surface area contributed by atoms with E-state index in [4.69, 9.17) is 8.54 Å². The van der Waals surface area contributed by atoms with Crippen molar-refractivity contribution in [3.05, 3.63) is 84.9 Å². The normalized spacial score (nSPS) is 13.7. The van der Waals surface area contributed by atoms with Crippen molar-refractivity contribution in [2.75, 3.05) is 18.2 Å². The van der Waals surface area contributed by atoms with Crippen LogP contribution in [0.15, 0.2) is 84.9 Å². The van der Waals surface area contributed by atoms with Crippen LogP contribution in [0.1, 0.15) is 0 Å². The van der Waals surface area contributed by atoms with E-state index >= 15 is 0 Å². The van der Waals surface area contributed by atoms with Crippen LogP contribution >= 0.6 is 0 Å². The largest absolute Gasteiger partial charge is 0.431 e. The summed E-state index contributed by atoms with van der Waals surface area (Å²) in [5, 5.41) is 10.7. The number of benzene rings is 3. The van der Waals surface area contributed by atoms with Crippen molar-refractivity contribution in [2.24, 2.45) is 0 Å². The standard InChI is InChI=1S/C23H29NO3Si2/c1-26-29(4,27-28(2,3)19-25)23-17-15-22(16-18-23)24(20-11-7-5-8-12-20)21-13-9-6-10-14-21/h5-18,25H,19H2,1-4H3. The molecule has 6 heteroatoms. The number of aliphatic hydroxyl groups excluding tert-OH is 1. The minimum atomic E-state index is -2.59. The van der Waals surface area contributed by atoms with E-state index in [0.29, 0.717) is 0 Å². The second-order valence-electron chi connectivity index (χ2n) is 7.72. The third kappa shape index (κ3) is 5.04. The summed E-state index contributed by atoms with van der Waals surface area (Å²) in [6.07, 6.45) is 0.0762. The maximum absolute atomic E-state index is 9.67. The molecular formula is C23H29NO3Si2. The van der Waals surface area contributed by atoms with Crippen LogP contribution in [-0.4, -0.2) is 35.3 Å². The molecule has 152 valence electrons. The molecule has 0 aliphatic heterocycles. The molecule has 0 amide bonds. The zero-order chi connectivity index (χ0) is 20.9. The van der Waals surface area contributed by atoms with Crippen molar-refractivity contribution in [3.8, 4) is 0 Å². The topological polar surface area (TPSA) is 41.9 Å². The van der Waals surface area contributed by atoms with Gasteiger partial charge in [0.25, 0.3) is 0 Å². The van der Waals surface area contributed by atoms with Gasteiger partial charge < -0.3 is 18.5 Å². The van der Waals surface area contributed by atoms with E-state index in [1.54, 1.807) is 7.11 Å². The van der Waals surface area contributed by atoms with E-state index in [2.05, 4.69) is 53.4 Å². The van der Waals surface area contributed by atoms with Gasteiger partial charge in [-0.3, -0.25) is 0 Å². The Hall–Kier alpha value is -2.23. The third-order valence-electron chi connectivity index (χ3n) is 4.92. The van der Waals surface area contributed by atoms with Crippen LogP contribution in [0.4, 0.5) is 17.1 Å². The van der Waals surface area contributed by atoms with Crippen LogP contribution in [0, 0.1) is 0 Å². The summed E-state index contributed by atoms with van der Waals surface area (Å²) >= 11 is 0. The quantitative estimate of drug-likeness (QED) is 0.527. The summed E-state index contributed by atoms with van der Waals surface area (Å²) in [5.74, 6) is 0. The molecule has 0 saturated carbocycles. The monoisotopic (exact) mass is 423 g/mol. The highest BCUT2D eigenvalue weighted by atomic mass is 28.4. The van der Waals surface area contributed by atoms with Crippen LogP contribution in [0.3, 0.4) is 0 Å². The maximum Gasteiger partial charge on any atom is 0.358 e. The van der Waals surface area contributed by atoms with Crippen molar-refractivity contribution in [2.45, 2.75) is 19.6 Å². The smallest absolute Gasteiger partial charge is 0.358 e. The number of nitrogens with zero attached hydrogens (tertiary/aromatic N) is 1. The van der Waals surface area contributed by atoms with Gasteiger partial charge in [-0.25, -0.2) is 0 Å². The van der Waals surface area contributed by atoms with Crippen LogP contribution in [-0.2, 0) is 8.54 Å². The molecular weight excluding hydrogens is 394 g/mol. The molecule has 4 nitrogen and oxygen atoms in total. The lowest BCUT2D eigenvalue weighted by molar-refractivity contribution is 0.289. The molecule has 0 aliphatic rings.